The second-order valence-electron chi connectivity index (χ2n) is 6.38. The van der Waals surface area contributed by atoms with E-state index in [0.717, 1.165) is 49.2 Å². The van der Waals surface area contributed by atoms with Crippen molar-refractivity contribution in [3.05, 3.63) is 47.8 Å². The molecule has 0 unspecified atom stereocenters. The molecule has 0 spiro atoms. The second-order valence-corrected chi connectivity index (χ2v) is 6.38. The summed E-state index contributed by atoms with van der Waals surface area (Å²) >= 11 is 0. The van der Waals surface area contributed by atoms with E-state index in [1.54, 1.807) is 0 Å². The molecule has 4 rings (SSSR count). The number of para-hydroxylation sites is 1. The number of carbonyl (C=O) groups is 1. The summed E-state index contributed by atoms with van der Waals surface area (Å²) in [6.45, 7) is 4.34. The van der Waals surface area contributed by atoms with Crippen LogP contribution in [0.1, 0.15) is 41.9 Å². The molecule has 1 aliphatic rings. The summed E-state index contributed by atoms with van der Waals surface area (Å²) in [5, 5.41) is 11.3. The number of nitrogens with zero attached hydrogens (tertiary/aromatic N) is 2. The number of amides is 1. The first-order chi connectivity index (χ1) is 12.3. The third-order valence-corrected chi connectivity index (χ3v) is 4.86. The Morgan fingerprint density at radius 3 is 2.92 bits per heavy atom. The van der Waals surface area contributed by atoms with E-state index in [-0.39, 0.29) is 5.91 Å². The first kappa shape index (κ1) is 15.9. The maximum atomic E-state index is 12.7. The van der Waals surface area contributed by atoms with Crippen molar-refractivity contribution in [1.82, 2.24) is 14.8 Å². The number of rotatable bonds is 4. The molecule has 1 amide bonds. The minimum Gasteiger partial charge on any atom is -0.381 e. The van der Waals surface area contributed by atoms with Gasteiger partial charge in [-0.05, 0) is 31.9 Å². The average molecular weight is 338 g/mol. The predicted molar refractivity (Wildman–Crippen MR) is 96.9 cm³/mol. The zero-order chi connectivity index (χ0) is 17.2. The third-order valence-electron chi connectivity index (χ3n) is 4.86. The van der Waals surface area contributed by atoms with Crippen LogP contribution in [0.25, 0.3) is 10.9 Å². The molecular formula is C19H22N4O2. The van der Waals surface area contributed by atoms with Crippen LogP contribution < -0.4 is 5.32 Å². The molecule has 0 saturated carbocycles. The molecule has 6 nitrogen and oxygen atoms in total. The number of aromatic nitrogens is 3. The van der Waals surface area contributed by atoms with Gasteiger partial charge in [-0.25, -0.2) is 0 Å². The van der Waals surface area contributed by atoms with Crippen LogP contribution in [0.4, 0.5) is 5.82 Å². The van der Waals surface area contributed by atoms with Gasteiger partial charge < -0.3 is 14.6 Å². The van der Waals surface area contributed by atoms with E-state index in [9.17, 15) is 4.79 Å². The van der Waals surface area contributed by atoms with E-state index in [1.807, 2.05) is 47.9 Å². The number of carbonyl (C=O) groups excluding carboxylic acids is 1. The lowest BCUT2D eigenvalue weighted by molar-refractivity contribution is 0.0845. The average Bonchev–Trinajstić information content (AvgIpc) is 3.26. The van der Waals surface area contributed by atoms with Crippen LogP contribution in [-0.2, 0) is 11.3 Å². The van der Waals surface area contributed by atoms with Gasteiger partial charge in [-0.2, -0.15) is 5.10 Å². The van der Waals surface area contributed by atoms with Crippen molar-refractivity contribution in [3.63, 3.8) is 0 Å². The Balaban J connectivity index is 1.55. The molecular weight excluding hydrogens is 316 g/mol. The fourth-order valence-corrected chi connectivity index (χ4v) is 3.54. The molecule has 1 aromatic carbocycles. The second kappa shape index (κ2) is 6.72. The molecule has 1 aliphatic heterocycles. The maximum absolute atomic E-state index is 12.7. The van der Waals surface area contributed by atoms with E-state index in [2.05, 4.69) is 15.5 Å². The lowest BCUT2D eigenvalue weighted by atomic mass is 9.97. The van der Waals surface area contributed by atoms with Crippen LogP contribution in [0.15, 0.2) is 36.4 Å². The molecule has 130 valence electrons. The molecule has 3 aromatic rings. The lowest BCUT2D eigenvalue weighted by Gasteiger charge is -2.20. The van der Waals surface area contributed by atoms with Gasteiger partial charge in [0.1, 0.15) is 5.69 Å². The Labute approximate surface area is 146 Å². The van der Waals surface area contributed by atoms with Gasteiger partial charge in [-0.15, -0.1) is 0 Å². The number of aryl methyl sites for hydroxylation is 1. The Kier molecular flexibility index (Phi) is 4.28. The van der Waals surface area contributed by atoms with Crippen molar-refractivity contribution in [1.29, 1.82) is 0 Å². The summed E-state index contributed by atoms with van der Waals surface area (Å²) in [7, 11) is 0. The SMILES string of the molecule is CCn1c(C(=O)Nc2cc(C3CCOCC3)[nH]n2)cc2ccccc21. The number of hydrogen-bond donors (Lipinski definition) is 2. The Morgan fingerprint density at radius 2 is 2.12 bits per heavy atom. The van der Waals surface area contributed by atoms with Crippen LogP contribution >= 0.6 is 0 Å². The predicted octanol–water partition coefficient (Wildman–Crippen LogP) is 3.53. The smallest absolute Gasteiger partial charge is 0.273 e. The number of benzene rings is 1. The van der Waals surface area contributed by atoms with Crippen molar-refractivity contribution in [2.24, 2.45) is 0 Å². The standard InChI is InChI=1S/C19H22N4O2/c1-2-23-16-6-4-3-5-14(16)11-17(23)19(24)20-18-12-15(21-22-18)13-7-9-25-10-8-13/h3-6,11-13H,2,7-10H2,1H3,(H2,20,21,22,24). The zero-order valence-corrected chi connectivity index (χ0v) is 14.3. The summed E-state index contributed by atoms with van der Waals surface area (Å²) in [5.41, 5.74) is 2.79. The molecule has 1 saturated heterocycles. The number of ether oxygens (including phenoxy) is 1. The van der Waals surface area contributed by atoms with Gasteiger partial charge in [0.2, 0.25) is 0 Å². The molecule has 0 atom stereocenters. The van der Waals surface area contributed by atoms with Crippen LogP contribution in [0, 0.1) is 0 Å². The van der Waals surface area contributed by atoms with Crippen molar-refractivity contribution >= 4 is 22.6 Å². The molecule has 0 bridgehead atoms. The van der Waals surface area contributed by atoms with Crippen molar-refractivity contribution in [2.75, 3.05) is 18.5 Å². The van der Waals surface area contributed by atoms with Crippen molar-refractivity contribution in [2.45, 2.75) is 32.2 Å². The van der Waals surface area contributed by atoms with E-state index in [0.29, 0.717) is 17.4 Å². The first-order valence-corrected chi connectivity index (χ1v) is 8.79. The monoisotopic (exact) mass is 338 g/mol. The van der Waals surface area contributed by atoms with Gasteiger partial charge in [-0.1, -0.05) is 18.2 Å². The molecule has 6 heteroatoms. The van der Waals surface area contributed by atoms with E-state index in [1.165, 1.54) is 0 Å². The van der Waals surface area contributed by atoms with E-state index in [4.69, 9.17) is 4.74 Å². The maximum Gasteiger partial charge on any atom is 0.273 e. The minimum absolute atomic E-state index is 0.136. The highest BCUT2D eigenvalue weighted by Crippen LogP contribution is 2.27. The Bertz CT molecular complexity index is 890. The highest BCUT2D eigenvalue weighted by molar-refractivity contribution is 6.06. The summed E-state index contributed by atoms with van der Waals surface area (Å²) in [4.78, 5) is 12.7. The van der Waals surface area contributed by atoms with Crippen LogP contribution in [-0.4, -0.2) is 33.9 Å². The number of hydrogen-bond acceptors (Lipinski definition) is 3. The molecule has 25 heavy (non-hydrogen) atoms. The highest BCUT2D eigenvalue weighted by atomic mass is 16.5. The lowest BCUT2D eigenvalue weighted by Crippen LogP contribution is -2.17. The number of fused-ring (bicyclic) bond motifs is 1. The highest BCUT2D eigenvalue weighted by Gasteiger charge is 2.20. The molecule has 0 aliphatic carbocycles. The summed E-state index contributed by atoms with van der Waals surface area (Å²) in [5.74, 6) is 0.858. The van der Waals surface area contributed by atoms with Crippen LogP contribution in [0.5, 0.6) is 0 Å². The topological polar surface area (TPSA) is 71.9 Å². The van der Waals surface area contributed by atoms with Gasteiger partial charge in [-0.3, -0.25) is 9.89 Å². The van der Waals surface area contributed by atoms with Gasteiger partial charge in [0.15, 0.2) is 5.82 Å². The molecule has 2 aromatic heterocycles. The molecule has 0 radical (unpaired) electrons. The van der Waals surface area contributed by atoms with Crippen LogP contribution in [0.3, 0.4) is 0 Å². The summed E-state index contributed by atoms with van der Waals surface area (Å²) in [6, 6.07) is 11.9. The number of nitrogens with one attached hydrogen (secondary N) is 2. The summed E-state index contributed by atoms with van der Waals surface area (Å²) < 4.78 is 7.42. The van der Waals surface area contributed by atoms with Gasteiger partial charge in [0.05, 0.1) is 0 Å². The van der Waals surface area contributed by atoms with Gasteiger partial charge >= 0.3 is 0 Å². The van der Waals surface area contributed by atoms with Gasteiger partial charge in [0.25, 0.3) is 5.91 Å². The first-order valence-electron chi connectivity index (χ1n) is 8.79. The van der Waals surface area contributed by atoms with Gasteiger partial charge in [0, 0.05) is 48.3 Å². The number of H-pyrrole nitrogens is 1. The largest absolute Gasteiger partial charge is 0.381 e. The Morgan fingerprint density at radius 1 is 1.32 bits per heavy atom. The Hall–Kier alpha value is -2.60. The third kappa shape index (κ3) is 3.05. The van der Waals surface area contributed by atoms with Crippen LogP contribution in [0.2, 0.25) is 0 Å². The number of anilines is 1. The quantitative estimate of drug-likeness (QED) is 0.764. The molecule has 3 heterocycles. The zero-order valence-electron chi connectivity index (χ0n) is 14.3. The molecule has 2 N–H and O–H groups in total. The van der Waals surface area contributed by atoms with E-state index >= 15 is 0 Å². The fraction of sp³-hybridized carbons (Fsp3) is 0.368. The van der Waals surface area contributed by atoms with E-state index < -0.39 is 0 Å². The van der Waals surface area contributed by atoms with Crippen molar-refractivity contribution in [3.8, 4) is 0 Å². The number of aromatic amines is 1. The minimum atomic E-state index is -0.136. The summed E-state index contributed by atoms with van der Waals surface area (Å²) in [6.07, 6.45) is 1.97. The fourth-order valence-electron chi connectivity index (χ4n) is 3.54. The normalized spacial score (nSPS) is 15.6. The molecule has 1 fully saturated rings. The van der Waals surface area contributed by atoms with Crippen molar-refractivity contribution < 1.29 is 9.53 Å².